The highest BCUT2D eigenvalue weighted by Gasteiger charge is 2.08. The second-order valence-corrected chi connectivity index (χ2v) is 4.10. The van der Waals surface area contributed by atoms with E-state index in [2.05, 4.69) is 10.3 Å². The van der Waals surface area contributed by atoms with Crippen LogP contribution in [0.25, 0.3) is 16.9 Å². The molecule has 0 amide bonds. The van der Waals surface area contributed by atoms with Gasteiger partial charge >= 0.3 is 0 Å². The van der Waals surface area contributed by atoms with Crippen LogP contribution in [-0.4, -0.2) is 22.1 Å². The molecule has 94 valence electrons. The molecule has 0 aliphatic rings. The van der Waals surface area contributed by atoms with Crippen LogP contribution >= 0.6 is 0 Å². The van der Waals surface area contributed by atoms with E-state index in [1.54, 1.807) is 13.3 Å². The molecule has 4 nitrogen and oxygen atoms in total. The predicted molar refractivity (Wildman–Crippen MR) is 73.3 cm³/mol. The Balaban J connectivity index is 2.04. The van der Waals surface area contributed by atoms with Gasteiger partial charge in [0, 0.05) is 5.56 Å². The fourth-order valence-electron chi connectivity index (χ4n) is 1.95. The third-order valence-corrected chi connectivity index (χ3v) is 2.94. The molecule has 0 fully saturated rings. The molecule has 0 unspecified atom stereocenters. The summed E-state index contributed by atoms with van der Waals surface area (Å²) in [5.41, 5.74) is 3.01. The fraction of sp³-hybridized carbons (Fsp3) is 0.0667. The molecule has 0 atom stereocenters. The average molecular weight is 251 g/mol. The number of ether oxygens (including phenoxy) is 1. The molecule has 3 rings (SSSR count). The molecule has 19 heavy (non-hydrogen) atoms. The first-order valence-electron chi connectivity index (χ1n) is 5.99. The van der Waals surface area contributed by atoms with Gasteiger partial charge < -0.3 is 4.74 Å². The largest absolute Gasteiger partial charge is 0.497 e. The van der Waals surface area contributed by atoms with E-state index < -0.39 is 0 Å². The molecular formula is C15H13N3O. The van der Waals surface area contributed by atoms with Crippen molar-refractivity contribution in [3.63, 3.8) is 0 Å². The Labute approximate surface area is 111 Å². The van der Waals surface area contributed by atoms with Crippen molar-refractivity contribution in [1.82, 2.24) is 15.0 Å². The Hall–Kier alpha value is -2.62. The monoisotopic (exact) mass is 251 g/mol. The summed E-state index contributed by atoms with van der Waals surface area (Å²) >= 11 is 0. The summed E-state index contributed by atoms with van der Waals surface area (Å²) < 4.78 is 6.97. The van der Waals surface area contributed by atoms with Gasteiger partial charge in [0.2, 0.25) is 0 Å². The van der Waals surface area contributed by atoms with E-state index in [-0.39, 0.29) is 0 Å². The van der Waals surface area contributed by atoms with Gasteiger partial charge in [-0.1, -0.05) is 35.5 Å². The molecule has 0 saturated heterocycles. The van der Waals surface area contributed by atoms with E-state index in [1.165, 1.54) is 0 Å². The van der Waals surface area contributed by atoms with Crippen LogP contribution in [0.1, 0.15) is 0 Å². The molecule has 0 aliphatic carbocycles. The molecule has 2 aromatic carbocycles. The summed E-state index contributed by atoms with van der Waals surface area (Å²) in [4.78, 5) is 0. The van der Waals surface area contributed by atoms with Crippen molar-refractivity contribution in [3.05, 3.63) is 60.8 Å². The highest BCUT2D eigenvalue weighted by Crippen LogP contribution is 2.22. The first kappa shape index (κ1) is 11.5. The molecule has 0 radical (unpaired) electrons. The molecule has 4 heteroatoms. The van der Waals surface area contributed by atoms with Crippen LogP contribution in [-0.2, 0) is 0 Å². The molecule has 1 aromatic heterocycles. The molecule has 0 saturated carbocycles. The van der Waals surface area contributed by atoms with Crippen molar-refractivity contribution in [3.8, 4) is 22.7 Å². The standard InChI is InChI=1S/C15H13N3O/c1-19-14-9-7-13(8-10-14)18-15(11-16-17-18)12-5-3-2-4-6-12/h2-11H,1H3. The summed E-state index contributed by atoms with van der Waals surface area (Å²) in [6, 6.07) is 17.8. The van der Waals surface area contributed by atoms with Gasteiger partial charge in [0.15, 0.2) is 0 Å². The van der Waals surface area contributed by atoms with Crippen molar-refractivity contribution >= 4 is 0 Å². The number of hydrogen-bond acceptors (Lipinski definition) is 3. The normalized spacial score (nSPS) is 10.4. The van der Waals surface area contributed by atoms with Crippen molar-refractivity contribution in [2.75, 3.05) is 7.11 Å². The van der Waals surface area contributed by atoms with Crippen molar-refractivity contribution < 1.29 is 4.74 Å². The maximum Gasteiger partial charge on any atom is 0.119 e. The molecular weight excluding hydrogens is 238 g/mol. The van der Waals surface area contributed by atoms with Gasteiger partial charge in [-0.25, -0.2) is 4.68 Å². The maximum atomic E-state index is 5.16. The average Bonchev–Trinajstić information content (AvgIpc) is 2.98. The first-order valence-corrected chi connectivity index (χ1v) is 5.99. The highest BCUT2D eigenvalue weighted by atomic mass is 16.5. The Morgan fingerprint density at radius 1 is 0.947 bits per heavy atom. The van der Waals surface area contributed by atoms with E-state index >= 15 is 0 Å². The predicted octanol–water partition coefficient (Wildman–Crippen LogP) is 2.94. The SMILES string of the molecule is COc1ccc(-n2nncc2-c2ccccc2)cc1. The lowest BCUT2D eigenvalue weighted by Gasteiger charge is -2.07. The zero-order chi connectivity index (χ0) is 13.1. The molecule has 0 bridgehead atoms. The maximum absolute atomic E-state index is 5.16. The second kappa shape index (κ2) is 4.94. The van der Waals surface area contributed by atoms with Crippen LogP contribution < -0.4 is 4.74 Å². The van der Waals surface area contributed by atoms with Gasteiger partial charge in [0.1, 0.15) is 5.75 Å². The Kier molecular flexibility index (Phi) is 2.98. The van der Waals surface area contributed by atoms with Gasteiger partial charge in [-0.15, -0.1) is 5.10 Å². The minimum atomic E-state index is 0.824. The van der Waals surface area contributed by atoms with Gasteiger partial charge in [-0.05, 0) is 24.3 Å². The molecule has 0 spiro atoms. The summed E-state index contributed by atoms with van der Waals surface area (Å²) in [6.45, 7) is 0. The number of methoxy groups -OCH3 is 1. The summed E-state index contributed by atoms with van der Waals surface area (Å²) in [5, 5.41) is 8.14. The van der Waals surface area contributed by atoms with Crippen molar-refractivity contribution in [2.45, 2.75) is 0 Å². The number of benzene rings is 2. The van der Waals surface area contributed by atoms with E-state index in [0.717, 1.165) is 22.7 Å². The lowest BCUT2D eigenvalue weighted by molar-refractivity contribution is 0.414. The van der Waals surface area contributed by atoms with Gasteiger partial charge in [0.05, 0.1) is 24.7 Å². The van der Waals surface area contributed by atoms with E-state index in [1.807, 2.05) is 59.3 Å². The third-order valence-electron chi connectivity index (χ3n) is 2.94. The lowest BCUT2D eigenvalue weighted by Crippen LogP contribution is -1.99. The Morgan fingerprint density at radius 3 is 2.37 bits per heavy atom. The van der Waals surface area contributed by atoms with Crippen LogP contribution in [0.2, 0.25) is 0 Å². The molecule has 1 heterocycles. The number of nitrogens with zero attached hydrogens (tertiary/aromatic N) is 3. The van der Waals surface area contributed by atoms with E-state index in [4.69, 9.17) is 4.74 Å². The minimum absolute atomic E-state index is 0.824. The van der Waals surface area contributed by atoms with Crippen LogP contribution in [0, 0.1) is 0 Å². The van der Waals surface area contributed by atoms with Crippen molar-refractivity contribution in [1.29, 1.82) is 0 Å². The summed E-state index contributed by atoms with van der Waals surface area (Å²) in [7, 11) is 1.65. The van der Waals surface area contributed by atoms with Crippen molar-refractivity contribution in [2.24, 2.45) is 0 Å². The second-order valence-electron chi connectivity index (χ2n) is 4.10. The van der Waals surface area contributed by atoms with Gasteiger partial charge in [-0.2, -0.15) is 0 Å². The zero-order valence-electron chi connectivity index (χ0n) is 10.5. The topological polar surface area (TPSA) is 39.9 Å². The molecule has 3 aromatic rings. The Morgan fingerprint density at radius 2 is 1.68 bits per heavy atom. The van der Waals surface area contributed by atoms with E-state index in [9.17, 15) is 0 Å². The lowest BCUT2D eigenvalue weighted by atomic mass is 10.1. The van der Waals surface area contributed by atoms with E-state index in [0.29, 0.717) is 0 Å². The van der Waals surface area contributed by atoms with Gasteiger partial charge in [-0.3, -0.25) is 0 Å². The third kappa shape index (κ3) is 2.20. The van der Waals surface area contributed by atoms with Crippen LogP contribution in [0.3, 0.4) is 0 Å². The molecule has 0 aliphatic heterocycles. The van der Waals surface area contributed by atoms with Crippen LogP contribution in [0.4, 0.5) is 0 Å². The highest BCUT2D eigenvalue weighted by molar-refractivity contribution is 5.60. The number of aromatic nitrogens is 3. The first-order chi connectivity index (χ1) is 9.38. The minimum Gasteiger partial charge on any atom is -0.497 e. The number of rotatable bonds is 3. The zero-order valence-corrected chi connectivity index (χ0v) is 10.5. The Bertz CT molecular complexity index is 659. The summed E-state index contributed by atoms with van der Waals surface area (Å²) in [5.74, 6) is 0.824. The summed E-state index contributed by atoms with van der Waals surface area (Å²) in [6.07, 6.45) is 1.76. The fourth-order valence-corrected chi connectivity index (χ4v) is 1.95. The quantitative estimate of drug-likeness (QED) is 0.718. The number of hydrogen-bond donors (Lipinski definition) is 0. The smallest absolute Gasteiger partial charge is 0.119 e. The van der Waals surface area contributed by atoms with Gasteiger partial charge in [0.25, 0.3) is 0 Å². The van der Waals surface area contributed by atoms with Crippen LogP contribution in [0.15, 0.2) is 60.8 Å². The molecule has 0 N–H and O–H groups in total. The van der Waals surface area contributed by atoms with Crippen LogP contribution in [0.5, 0.6) is 5.75 Å².